The number of nitrogens with zero attached hydrogens (tertiary/aromatic N) is 1. The van der Waals surface area contributed by atoms with Crippen LogP contribution >= 0.6 is 11.3 Å². The third-order valence-corrected chi connectivity index (χ3v) is 8.43. The minimum absolute atomic E-state index is 0.262. The predicted octanol–water partition coefficient (Wildman–Crippen LogP) is 10.7. The Morgan fingerprint density at radius 2 is 1.34 bits per heavy atom. The molecule has 0 spiro atoms. The lowest BCUT2D eigenvalue weighted by Crippen LogP contribution is -2.10. The summed E-state index contributed by atoms with van der Waals surface area (Å²) in [6.45, 7) is 0. The molecule has 0 saturated heterocycles. The largest absolute Gasteiger partial charge is 0.454 e. The van der Waals surface area contributed by atoms with Gasteiger partial charge in [-0.05, 0) is 65.4 Å². The summed E-state index contributed by atoms with van der Waals surface area (Å²) >= 11 is 1.80. The molecule has 0 radical (unpaired) electrons. The molecule has 0 aliphatic heterocycles. The monoisotopic (exact) mass is 509 g/mol. The normalized spacial score (nSPS) is 11.8. The molecule has 8 aromatic rings. The van der Waals surface area contributed by atoms with Crippen LogP contribution in [0.15, 0.2) is 126 Å². The molecule has 4 heteroatoms. The van der Waals surface area contributed by atoms with Gasteiger partial charge in [-0.15, -0.1) is 11.3 Å². The number of hydrogen-bond donors (Lipinski definition) is 0. The molecule has 0 bridgehead atoms. The van der Waals surface area contributed by atoms with Gasteiger partial charge in [0.2, 0.25) is 0 Å². The van der Waals surface area contributed by atoms with Gasteiger partial charge >= 0.3 is 0 Å². The topological polar surface area (TPSA) is 16.4 Å². The molecule has 6 aromatic carbocycles. The standard InChI is InChI=1S/C34H20FNOS/c35-22-13-15-23(16-14-22)36(29-10-5-9-27-26-8-3-4-11-30(26)37-34(27)29)24-17-18-28-32(20-24)38-31-19-12-21-6-1-2-7-25(21)33(28)31/h1-20H. The number of anilines is 3. The number of rotatable bonds is 3. The van der Waals surface area contributed by atoms with Gasteiger partial charge in [0.15, 0.2) is 5.58 Å². The summed E-state index contributed by atoms with van der Waals surface area (Å²) in [5, 5.41) is 7.18. The molecule has 0 saturated carbocycles. The Hall–Kier alpha value is -4.67. The summed E-state index contributed by atoms with van der Waals surface area (Å²) in [5.74, 6) is -0.262. The van der Waals surface area contributed by atoms with E-state index in [0.717, 1.165) is 39.0 Å². The molecule has 0 fully saturated rings. The fourth-order valence-corrected chi connectivity index (χ4v) is 6.75. The van der Waals surface area contributed by atoms with Crippen LogP contribution in [0.1, 0.15) is 0 Å². The van der Waals surface area contributed by atoms with E-state index in [9.17, 15) is 4.39 Å². The lowest BCUT2D eigenvalue weighted by molar-refractivity contribution is 0.628. The van der Waals surface area contributed by atoms with Gasteiger partial charge in [0.25, 0.3) is 0 Å². The van der Waals surface area contributed by atoms with Crippen molar-refractivity contribution >= 4 is 81.3 Å². The average molecular weight is 510 g/mol. The third-order valence-electron chi connectivity index (χ3n) is 7.31. The predicted molar refractivity (Wildman–Crippen MR) is 159 cm³/mol. The van der Waals surface area contributed by atoms with Gasteiger partial charge in [-0.3, -0.25) is 0 Å². The first kappa shape index (κ1) is 21.4. The van der Waals surface area contributed by atoms with E-state index in [4.69, 9.17) is 4.42 Å². The van der Waals surface area contributed by atoms with Gasteiger partial charge in [0.1, 0.15) is 11.4 Å². The molecule has 2 nitrogen and oxygen atoms in total. The maximum Gasteiger partial charge on any atom is 0.159 e. The number of thiophene rings is 1. The highest BCUT2D eigenvalue weighted by atomic mass is 32.1. The summed E-state index contributed by atoms with van der Waals surface area (Å²) in [7, 11) is 0. The fraction of sp³-hybridized carbons (Fsp3) is 0. The minimum atomic E-state index is -0.262. The molecule has 2 aromatic heterocycles. The van der Waals surface area contributed by atoms with Gasteiger partial charge in [-0.25, -0.2) is 4.39 Å². The third kappa shape index (κ3) is 3.17. The van der Waals surface area contributed by atoms with Crippen LogP contribution in [0, 0.1) is 5.82 Å². The fourth-order valence-electron chi connectivity index (χ4n) is 5.60. The Bertz CT molecular complexity index is 2160. The summed E-state index contributed by atoms with van der Waals surface area (Å²) in [6, 6.07) is 40.5. The molecule has 0 amide bonds. The summed E-state index contributed by atoms with van der Waals surface area (Å²) < 4.78 is 22.8. The average Bonchev–Trinajstić information content (AvgIpc) is 3.53. The quantitative estimate of drug-likeness (QED) is 0.235. The van der Waals surface area contributed by atoms with E-state index in [-0.39, 0.29) is 5.82 Å². The number of benzene rings is 6. The van der Waals surface area contributed by atoms with Crippen molar-refractivity contribution in [3.8, 4) is 0 Å². The second-order valence-corrected chi connectivity index (χ2v) is 10.6. The van der Waals surface area contributed by atoms with Gasteiger partial charge in [0, 0.05) is 42.3 Å². The van der Waals surface area contributed by atoms with E-state index in [1.165, 1.54) is 43.1 Å². The molecular weight excluding hydrogens is 489 g/mol. The van der Waals surface area contributed by atoms with Crippen LogP contribution in [0.2, 0.25) is 0 Å². The van der Waals surface area contributed by atoms with Crippen molar-refractivity contribution in [3.63, 3.8) is 0 Å². The van der Waals surface area contributed by atoms with Crippen molar-refractivity contribution in [2.24, 2.45) is 0 Å². The van der Waals surface area contributed by atoms with Crippen LogP contribution in [0.5, 0.6) is 0 Å². The molecule has 0 N–H and O–H groups in total. The van der Waals surface area contributed by atoms with Gasteiger partial charge in [-0.1, -0.05) is 66.7 Å². The Balaban J connectivity index is 1.40. The zero-order valence-electron chi connectivity index (χ0n) is 20.2. The lowest BCUT2D eigenvalue weighted by Gasteiger charge is -2.25. The molecule has 8 rings (SSSR count). The number of hydrogen-bond acceptors (Lipinski definition) is 3. The van der Waals surface area contributed by atoms with Gasteiger partial charge in [0.05, 0.1) is 5.69 Å². The van der Waals surface area contributed by atoms with Crippen molar-refractivity contribution in [3.05, 3.63) is 127 Å². The van der Waals surface area contributed by atoms with E-state index >= 15 is 0 Å². The number of furan rings is 1. The molecular formula is C34H20FNOS. The molecule has 38 heavy (non-hydrogen) atoms. The maximum absolute atomic E-state index is 14.0. The zero-order chi connectivity index (χ0) is 25.2. The molecule has 0 aliphatic carbocycles. The molecule has 2 heterocycles. The van der Waals surface area contributed by atoms with E-state index < -0.39 is 0 Å². The van der Waals surface area contributed by atoms with Crippen molar-refractivity contribution in [2.75, 3.05) is 4.90 Å². The first-order valence-corrected chi connectivity index (χ1v) is 13.4. The van der Waals surface area contributed by atoms with Crippen molar-refractivity contribution in [1.82, 2.24) is 0 Å². The van der Waals surface area contributed by atoms with Crippen molar-refractivity contribution < 1.29 is 8.81 Å². The smallest absolute Gasteiger partial charge is 0.159 e. The lowest BCUT2D eigenvalue weighted by atomic mass is 10.0. The van der Waals surface area contributed by atoms with Crippen LogP contribution in [0.3, 0.4) is 0 Å². The molecule has 0 atom stereocenters. The number of para-hydroxylation sites is 2. The minimum Gasteiger partial charge on any atom is -0.454 e. The Labute approximate surface area is 221 Å². The number of fused-ring (bicyclic) bond motifs is 8. The van der Waals surface area contributed by atoms with Crippen LogP contribution in [-0.2, 0) is 0 Å². The highest BCUT2D eigenvalue weighted by Crippen LogP contribution is 2.45. The van der Waals surface area contributed by atoms with E-state index in [2.05, 4.69) is 83.8 Å². The zero-order valence-corrected chi connectivity index (χ0v) is 21.0. The SMILES string of the molecule is Fc1ccc(N(c2ccc3c(c2)sc2ccc4ccccc4c23)c2cccc3c2oc2ccccc23)cc1. The van der Waals surface area contributed by atoms with Crippen molar-refractivity contribution in [2.45, 2.75) is 0 Å². The van der Waals surface area contributed by atoms with Crippen LogP contribution in [0.4, 0.5) is 21.5 Å². The summed E-state index contributed by atoms with van der Waals surface area (Å²) in [6.07, 6.45) is 0. The van der Waals surface area contributed by atoms with E-state index in [1.807, 2.05) is 30.3 Å². The van der Waals surface area contributed by atoms with E-state index in [0.29, 0.717) is 0 Å². The molecule has 0 unspecified atom stereocenters. The second-order valence-electron chi connectivity index (χ2n) is 9.51. The Morgan fingerprint density at radius 1 is 0.579 bits per heavy atom. The van der Waals surface area contributed by atoms with Crippen molar-refractivity contribution in [1.29, 1.82) is 0 Å². The number of halogens is 1. The molecule has 180 valence electrons. The maximum atomic E-state index is 14.0. The van der Waals surface area contributed by atoms with E-state index in [1.54, 1.807) is 11.3 Å². The first-order chi connectivity index (χ1) is 18.7. The summed E-state index contributed by atoms with van der Waals surface area (Å²) in [5.41, 5.74) is 4.43. The van der Waals surface area contributed by atoms with Crippen LogP contribution < -0.4 is 4.90 Å². The second kappa shape index (κ2) is 8.17. The summed E-state index contributed by atoms with van der Waals surface area (Å²) in [4.78, 5) is 2.16. The first-order valence-electron chi connectivity index (χ1n) is 12.5. The molecule has 0 aliphatic rings. The van der Waals surface area contributed by atoms with Gasteiger partial charge in [-0.2, -0.15) is 0 Å². The Morgan fingerprint density at radius 3 is 2.24 bits per heavy atom. The van der Waals surface area contributed by atoms with Gasteiger partial charge < -0.3 is 9.32 Å². The highest BCUT2D eigenvalue weighted by Gasteiger charge is 2.20. The highest BCUT2D eigenvalue weighted by molar-refractivity contribution is 7.26. The Kier molecular flexibility index (Phi) is 4.60. The van der Waals surface area contributed by atoms with Crippen LogP contribution in [0.25, 0.3) is 52.9 Å². The van der Waals surface area contributed by atoms with Crippen LogP contribution in [-0.4, -0.2) is 0 Å².